The molecule has 1 aliphatic rings. The first-order valence-electron chi connectivity index (χ1n) is 12.8. The minimum Gasteiger partial charge on any atom is -0.511 e. The zero-order chi connectivity index (χ0) is 29.1. The molecular formula is C26H36BrN7O4S2. The van der Waals surface area contributed by atoms with E-state index in [9.17, 15) is 13.5 Å². The van der Waals surface area contributed by atoms with Gasteiger partial charge in [0.05, 0.1) is 16.3 Å². The number of aromatic nitrogens is 3. The summed E-state index contributed by atoms with van der Waals surface area (Å²) in [6.45, 7) is 8.91. The zero-order valence-corrected chi connectivity index (χ0v) is 25.8. The van der Waals surface area contributed by atoms with E-state index in [2.05, 4.69) is 57.4 Å². The summed E-state index contributed by atoms with van der Waals surface area (Å²) in [5, 5.41) is 25.4. The molecule has 0 spiro atoms. The Morgan fingerprint density at radius 2 is 1.98 bits per heavy atom. The van der Waals surface area contributed by atoms with Crippen molar-refractivity contribution in [2.45, 2.75) is 48.7 Å². The Bertz CT molecular complexity index is 1410. The van der Waals surface area contributed by atoms with Crippen molar-refractivity contribution >= 4 is 54.7 Å². The topological polar surface area (TPSA) is 154 Å². The van der Waals surface area contributed by atoms with E-state index < -0.39 is 16.1 Å². The highest BCUT2D eigenvalue weighted by Gasteiger charge is 2.23. The lowest BCUT2D eigenvalue weighted by Crippen LogP contribution is -2.41. The first-order valence-corrected chi connectivity index (χ1v) is 16.1. The van der Waals surface area contributed by atoms with Gasteiger partial charge in [-0.15, -0.1) is 11.8 Å². The number of halogens is 1. The molecule has 2 aromatic heterocycles. The van der Waals surface area contributed by atoms with Gasteiger partial charge in [0.25, 0.3) is 0 Å². The van der Waals surface area contributed by atoms with E-state index in [1.165, 1.54) is 23.9 Å². The minimum absolute atomic E-state index is 0.104. The van der Waals surface area contributed by atoms with Gasteiger partial charge in [-0.05, 0) is 56.5 Å². The molecule has 3 aromatic rings. The van der Waals surface area contributed by atoms with Crippen molar-refractivity contribution in [1.82, 2.24) is 29.9 Å². The Morgan fingerprint density at radius 1 is 1.23 bits per heavy atom. The predicted molar refractivity (Wildman–Crippen MR) is 163 cm³/mol. The lowest BCUT2D eigenvalue weighted by Gasteiger charge is -2.17. The maximum atomic E-state index is 12.8. The summed E-state index contributed by atoms with van der Waals surface area (Å²) < 4.78 is 31.1. The summed E-state index contributed by atoms with van der Waals surface area (Å²) >= 11 is 4.65. The molecule has 11 nitrogen and oxygen atoms in total. The largest absolute Gasteiger partial charge is 0.511 e. The van der Waals surface area contributed by atoms with Gasteiger partial charge in [-0.2, -0.15) is 4.72 Å². The van der Waals surface area contributed by atoms with Gasteiger partial charge in [0.2, 0.25) is 10.0 Å². The summed E-state index contributed by atoms with van der Waals surface area (Å²) in [5.74, 6) is 1.46. The quantitative estimate of drug-likeness (QED) is 0.0857. The average Bonchev–Trinajstić information content (AvgIpc) is 3.35. The number of sulfonamides is 1. The molecule has 1 aromatic carbocycles. The van der Waals surface area contributed by atoms with Crippen molar-refractivity contribution in [2.75, 3.05) is 32.5 Å². The number of thioether (sulfide) groups is 1. The molecule has 3 heterocycles. The third kappa shape index (κ3) is 8.93. The van der Waals surface area contributed by atoms with Crippen LogP contribution in [0.4, 0.5) is 0 Å². The van der Waals surface area contributed by atoms with Crippen molar-refractivity contribution < 1.29 is 18.6 Å². The number of aliphatic hydroxyl groups is 2. The average molecular weight is 655 g/mol. The Labute approximate surface area is 247 Å². The van der Waals surface area contributed by atoms with Crippen LogP contribution in [0.2, 0.25) is 0 Å². The number of fused-ring (bicyclic) bond motifs is 1. The second-order valence-corrected chi connectivity index (χ2v) is 12.5. The molecule has 4 rings (SSSR count). The molecule has 40 heavy (non-hydrogen) atoms. The number of unbranched alkanes of at least 4 members (excludes halogenated alkanes) is 1. The van der Waals surface area contributed by atoms with Crippen LogP contribution in [-0.4, -0.2) is 77.7 Å². The summed E-state index contributed by atoms with van der Waals surface area (Å²) in [6.07, 6.45) is 5.04. The van der Waals surface area contributed by atoms with Gasteiger partial charge in [0, 0.05) is 49.7 Å². The van der Waals surface area contributed by atoms with E-state index in [0.717, 1.165) is 79.0 Å². The monoisotopic (exact) mass is 653 g/mol. The number of aryl methyl sites for hydroxylation is 2. The first kappa shape index (κ1) is 31.9. The maximum Gasteiger partial charge on any atom is 0.241 e. The van der Waals surface area contributed by atoms with E-state index in [-0.39, 0.29) is 16.4 Å². The fourth-order valence-corrected chi connectivity index (χ4v) is 6.63. The van der Waals surface area contributed by atoms with E-state index in [1.54, 1.807) is 12.1 Å². The zero-order valence-electron chi connectivity index (χ0n) is 22.6. The van der Waals surface area contributed by atoms with E-state index in [0.29, 0.717) is 5.82 Å². The molecule has 14 heteroatoms. The normalized spacial score (nSPS) is 14.1. The third-order valence-electron chi connectivity index (χ3n) is 5.92. The predicted octanol–water partition coefficient (Wildman–Crippen LogP) is 3.34. The van der Waals surface area contributed by atoms with Crippen molar-refractivity contribution in [3.63, 3.8) is 0 Å². The number of hydrogen-bond donors (Lipinski definition) is 5. The number of rotatable bonds is 12. The number of guanidine groups is 1. The SMILES string of the molecule is C=C(O)C(CSc1nc(C)nc2c1ccn2CCCCNC1=NCCCN1)NS(=O)(=O)c1ccc(Br)cc1.CO. The highest BCUT2D eigenvalue weighted by Crippen LogP contribution is 2.28. The number of hydrogen-bond acceptors (Lipinski definition) is 10. The fraction of sp³-hybridized carbons (Fsp3) is 0.423. The molecule has 0 fully saturated rings. The van der Waals surface area contributed by atoms with Gasteiger partial charge < -0.3 is 25.4 Å². The van der Waals surface area contributed by atoms with E-state index in [1.807, 2.05) is 19.2 Å². The lowest BCUT2D eigenvalue weighted by atomic mass is 10.3. The van der Waals surface area contributed by atoms with Crippen molar-refractivity contribution in [3.05, 3.63) is 59.2 Å². The van der Waals surface area contributed by atoms with Crippen LogP contribution in [0.3, 0.4) is 0 Å². The molecule has 218 valence electrons. The third-order valence-corrected chi connectivity index (χ3v) is 9.02. The lowest BCUT2D eigenvalue weighted by molar-refractivity contribution is 0.369. The highest BCUT2D eigenvalue weighted by atomic mass is 79.9. The molecular weight excluding hydrogens is 618 g/mol. The van der Waals surface area contributed by atoms with Crippen LogP contribution in [0.1, 0.15) is 25.1 Å². The number of aliphatic imine (C=N–C) groups is 1. The van der Waals surface area contributed by atoms with Gasteiger partial charge in [0.1, 0.15) is 22.3 Å². The second kappa shape index (κ2) is 15.4. The number of nitrogens with zero attached hydrogens (tertiary/aromatic N) is 4. The Hall–Kier alpha value is -2.65. The van der Waals surface area contributed by atoms with Crippen LogP contribution in [0.25, 0.3) is 11.0 Å². The maximum absolute atomic E-state index is 12.8. The van der Waals surface area contributed by atoms with E-state index >= 15 is 0 Å². The van der Waals surface area contributed by atoms with Gasteiger partial charge in [-0.25, -0.2) is 18.4 Å². The van der Waals surface area contributed by atoms with Crippen molar-refractivity contribution in [1.29, 1.82) is 0 Å². The standard InChI is InChI=1S/C25H32BrN7O3S2.CH4O/c1-17(34)22(32-38(35,36)20-8-6-19(26)7-9-20)16-37-24-21-10-15-33(23(21)30-18(2)31-24)14-4-3-11-27-25-28-12-5-13-29-25;1-2/h6-10,15,22,32,34H,1,3-5,11-14,16H2,2H3,(H2,27,28,29);2H,1H3. The molecule has 0 amide bonds. The van der Waals surface area contributed by atoms with Gasteiger partial charge in [0.15, 0.2) is 5.96 Å². The highest BCUT2D eigenvalue weighted by molar-refractivity contribution is 9.10. The minimum atomic E-state index is -3.85. The van der Waals surface area contributed by atoms with E-state index in [4.69, 9.17) is 5.11 Å². The molecule has 0 saturated carbocycles. The van der Waals surface area contributed by atoms with Gasteiger partial charge >= 0.3 is 0 Å². The molecule has 0 radical (unpaired) electrons. The van der Waals surface area contributed by atoms with Crippen LogP contribution in [0, 0.1) is 6.92 Å². The number of benzene rings is 1. The van der Waals surface area contributed by atoms with Crippen LogP contribution in [0.15, 0.2) is 68.3 Å². The Kier molecular flexibility index (Phi) is 12.3. The first-order chi connectivity index (χ1) is 19.2. The van der Waals surface area contributed by atoms with Crippen molar-refractivity contribution in [3.8, 4) is 0 Å². The summed E-state index contributed by atoms with van der Waals surface area (Å²) in [6, 6.07) is 7.37. The molecule has 0 saturated heterocycles. The molecule has 1 aliphatic heterocycles. The summed E-state index contributed by atoms with van der Waals surface area (Å²) in [4.78, 5) is 13.8. The Balaban J connectivity index is 0.00000216. The van der Waals surface area contributed by atoms with Gasteiger partial charge in [-0.1, -0.05) is 22.5 Å². The number of aliphatic hydroxyl groups excluding tert-OH is 2. The molecule has 1 unspecified atom stereocenters. The number of nitrogens with one attached hydrogen (secondary N) is 3. The fourth-order valence-electron chi connectivity index (χ4n) is 3.93. The molecule has 0 bridgehead atoms. The van der Waals surface area contributed by atoms with Gasteiger partial charge in [-0.3, -0.25) is 4.99 Å². The molecule has 0 aliphatic carbocycles. The van der Waals surface area contributed by atoms with Crippen molar-refractivity contribution in [2.24, 2.45) is 4.99 Å². The van der Waals surface area contributed by atoms with Crippen LogP contribution in [-0.2, 0) is 16.6 Å². The molecule has 5 N–H and O–H groups in total. The summed E-state index contributed by atoms with van der Waals surface area (Å²) in [7, 11) is -2.85. The van der Waals surface area contributed by atoms with Crippen LogP contribution in [0.5, 0.6) is 0 Å². The van der Waals surface area contributed by atoms with Crippen LogP contribution < -0.4 is 15.4 Å². The smallest absolute Gasteiger partial charge is 0.241 e. The molecule has 1 atom stereocenters. The van der Waals surface area contributed by atoms with Crippen LogP contribution >= 0.6 is 27.7 Å². The Morgan fingerprint density at radius 3 is 2.65 bits per heavy atom. The summed E-state index contributed by atoms with van der Waals surface area (Å²) in [5.41, 5.74) is 0.834. The second-order valence-electron chi connectivity index (χ2n) is 8.90.